The van der Waals surface area contributed by atoms with E-state index < -0.39 is 0 Å². The molecule has 0 amide bonds. The monoisotopic (exact) mass is 222 g/mol. The first-order valence-corrected chi connectivity index (χ1v) is 4.71. The molecule has 0 heterocycles. The number of hydrogen-bond acceptors (Lipinski definition) is 4. The predicted molar refractivity (Wildman–Crippen MR) is 59.7 cm³/mol. The molecule has 4 heteroatoms. The van der Waals surface area contributed by atoms with Crippen molar-refractivity contribution in [1.82, 2.24) is 0 Å². The molecule has 16 heavy (non-hydrogen) atoms. The van der Waals surface area contributed by atoms with E-state index in [2.05, 4.69) is 16.2 Å². The highest BCUT2D eigenvalue weighted by Gasteiger charge is 2.08. The Morgan fingerprint density at radius 2 is 2.12 bits per heavy atom. The van der Waals surface area contributed by atoms with Crippen molar-refractivity contribution in [2.75, 3.05) is 14.2 Å². The third kappa shape index (κ3) is 3.18. The van der Waals surface area contributed by atoms with Crippen LogP contribution in [0.4, 0.5) is 0 Å². The summed E-state index contributed by atoms with van der Waals surface area (Å²) in [7, 11) is 2.77. The first-order chi connectivity index (χ1) is 7.71. The number of carbonyl (C=O) groups excluding carboxylic acids is 1. The summed E-state index contributed by atoms with van der Waals surface area (Å²) in [5.41, 5.74) is 2.12. The van der Waals surface area contributed by atoms with Gasteiger partial charge < -0.3 is 4.74 Å². The molecule has 0 atom stereocenters. The summed E-state index contributed by atoms with van der Waals surface area (Å²) < 4.78 is 4.65. The van der Waals surface area contributed by atoms with Gasteiger partial charge in [-0.25, -0.2) is 14.6 Å². The Morgan fingerprint density at radius 3 is 2.69 bits per heavy atom. The quantitative estimate of drug-likeness (QED) is 0.435. The number of rotatable bonds is 5. The summed E-state index contributed by atoms with van der Waals surface area (Å²) in [4.78, 5) is 20.7. The van der Waals surface area contributed by atoms with Gasteiger partial charge in [-0.1, -0.05) is 12.7 Å². The summed E-state index contributed by atoms with van der Waals surface area (Å²) in [5, 5.41) is 0. The molecule has 0 bridgehead atoms. The van der Waals surface area contributed by atoms with Crippen LogP contribution in [0.2, 0.25) is 0 Å². The molecule has 0 spiro atoms. The minimum absolute atomic E-state index is 0.266. The van der Waals surface area contributed by atoms with Gasteiger partial charge in [0, 0.05) is 0 Å². The summed E-state index contributed by atoms with van der Waals surface area (Å²) in [6, 6.07) is 5.26. The number of hydrogen-bond donors (Lipinski definition) is 0. The van der Waals surface area contributed by atoms with Crippen molar-refractivity contribution in [1.29, 1.82) is 0 Å². The molecule has 0 N–H and O–H groups in total. The fourth-order valence-electron chi connectivity index (χ4n) is 1.28. The highest BCUT2D eigenvalue weighted by molar-refractivity contribution is 5.90. The van der Waals surface area contributed by atoms with E-state index in [0.29, 0.717) is 5.56 Å². The first kappa shape index (κ1) is 12.4. The van der Waals surface area contributed by atoms with Crippen LogP contribution >= 0.6 is 0 Å². The maximum absolute atomic E-state index is 11.4. The molecular formula is C12H14O4. The number of ether oxygens (including phenoxy) is 1. The van der Waals surface area contributed by atoms with Gasteiger partial charge in [0.2, 0.25) is 0 Å². The molecule has 1 rings (SSSR count). The molecule has 1 aromatic carbocycles. The van der Waals surface area contributed by atoms with Gasteiger partial charge in [0.1, 0.15) is 6.61 Å². The number of benzene rings is 1. The third-order valence-corrected chi connectivity index (χ3v) is 2.02. The third-order valence-electron chi connectivity index (χ3n) is 2.02. The summed E-state index contributed by atoms with van der Waals surface area (Å²) in [6.45, 7) is 3.92. The first-order valence-electron chi connectivity index (χ1n) is 4.71. The fourth-order valence-corrected chi connectivity index (χ4v) is 1.28. The molecule has 4 nitrogen and oxygen atoms in total. The molecule has 0 aliphatic heterocycles. The van der Waals surface area contributed by atoms with Gasteiger partial charge in [0.05, 0.1) is 19.8 Å². The van der Waals surface area contributed by atoms with Gasteiger partial charge in [-0.05, 0) is 29.3 Å². The number of methoxy groups -OCH3 is 1. The maximum Gasteiger partial charge on any atom is 0.337 e. The molecule has 0 fully saturated rings. The number of carbonyl (C=O) groups is 1. The second-order valence-electron chi connectivity index (χ2n) is 3.09. The van der Waals surface area contributed by atoms with Crippen LogP contribution in [0, 0.1) is 0 Å². The van der Waals surface area contributed by atoms with Crippen LogP contribution in [0.5, 0.6) is 0 Å². The summed E-state index contributed by atoms with van der Waals surface area (Å²) in [5.74, 6) is -0.387. The van der Waals surface area contributed by atoms with E-state index in [1.807, 2.05) is 6.07 Å². The Kier molecular flexibility index (Phi) is 4.69. The summed E-state index contributed by atoms with van der Waals surface area (Å²) >= 11 is 0. The lowest BCUT2D eigenvalue weighted by atomic mass is 10.1. The normalized spacial score (nSPS) is 9.88. The van der Waals surface area contributed by atoms with Crippen LogP contribution in [0.1, 0.15) is 21.5 Å². The molecule has 86 valence electrons. The van der Waals surface area contributed by atoms with Gasteiger partial charge >= 0.3 is 5.97 Å². The zero-order chi connectivity index (χ0) is 12.0. The smallest absolute Gasteiger partial charge is 0.337 e. The van der Waals surface area contributed by atoms with Gasteiger partial charge in [-0.15, -0.1) is 0 Å². The Bertz CT molecular complexity index is 385. The number of esters is 1. The van der Waals surface area contributed by atoms with Crippen LogP contribution in [-0.4, -0.2) is 20.2 Å². The van der Waals surface area contributed by atoms with Gasteiger partial charge in [-0.2, -0.15) is 0 Å². The van der Waals surface area contributed by atoms with Crippen LogP contribution in [0.3, 0.4) is 0 Å². The van der Waals surface area contributed by atoms with E-state index in [-0.39, 0.29) is 12.6 Å². The molecule has 0 saturated heterocycles. The Morgan fingerprint density at radius 1 is 1.38 bits per heavy atom. The van der Waals surface area contributed by atoms with Crippen LogP contribution in [-0.2, 0) is 21.1 Å². The van der Waals surface area contributed by atoms with E-state index in [0.717, 1.165) is 11.1 Å². The Balaban J connectivity index is 3.00. The van der Waals surface area contributed by atoms with Crippen molar-refractivity contribution < 1.29 is 19.3 Å². The van der Waals surface area contributed by atoms with Crippen molar-refractivity contribution in [2.24, 2.45) is 0 Å². The van der Waals surface area contributed by atoms with E-state index in [1.54, 1.807) is 18.2 Å². The minimum atomic E-state index is -0.387. The second-order valence-corrected chi connectivity index (χ2v) is 3.09. The molecule has 1 aromatic rings. The average Bonchev–Trinajstić information content (AvgIpc) is 2.34. The van der Waals surface area contributed by atoms with E-state index in [1.165, 1.54) is 14.2 Å². The van der Waals surface area contributed by atoms with Crippen LogP contribution < -0.4 is 0 Å². The molecule has 0 aliphatic rings. The lowest BCUT2D eigenvalue weighted by Gasteiger charge is -2.06. The lowest BCUT2D eigenvalue weighted by Crippen LogP contribution is -2.03. The molecule has 0 radical (unpaired) electrons. The van der Waals surface area contributed by atoms with Crippen molar-refractivity contribution in [3.8, 4) is 0 Å². The van der Waals surface area contributed by atoms with Crippen molar-refractivity contribution in [2.45, 2.75) is 6.61 Å². The Hall–Kier alpha value is -1.65. The Labute approximate surface area is 94.4 Å². The maximum atomic E-state index is 11.4. The standard InChI is InChI=1S/C12H14O4/c1-4-9-5-10(8-16-15-3)7-11(6-9)12(13)14-2/h4-7H,1,8H2,2-3H3. The SMILES string of the molecule is C=Cc1cc(COOC)cc(C(=O)OC)c1. The van der Waals surface area contributed by atoms with Crippen molar-refractivity contribution in [3.63, 3.8) is 0 Å². The zero-order valence-electron chi connectivity index (χ0n) is 9.36. The zero-order valence-corrected chi connectivity index (χ0v) is 9.36. The van der Waals surface area contributed by atoms with E-state index in [4.69, 9.17) is 4.89 Å². The highest BCUT2D eigenvalue weighted by Crippen LogP contribution is 2.13. The molecule has 0 aromatic heterocycles. The van der Waals surface area contributed by atoms with Gasteiger partial charge in [0.15, 0.2) is 0 Å². The summed E-state index contributed by atoms with van der Waals surface area (Å²) in [6.07, 6.45) is 1.66. The van der Waals surface area contributed by atoms with E-state index >= 15 is 0 Å². The fraction of sp³-hybridized carbons (Fsp3) is 0.250. The second kappa shape index (κ2) is 6.05. The molecular weight excluding hydrogens is 208 g/mol. The lowest BCUT2D eigenvalue weighted by molar-refractivity contribution is -0.282. The highest BCUT2D eigenvalue weighted by atomic mass is 17.2. The van der Waals surface area contributed by atoms with Crippen molar-refractivity contribution >= 4 is 12.0 Å². The van der Waals surface area contributed by atoms with Gasteiger partial charge in [-0.3, -0.25) is 0 Å². The molecule has 0 aliphatic carbocycles. The molecule has 0 saturated carbocycles. The van der Waals surface area contributed by atoms with Crippen LogP contribution in [0.15, 0.2) is 24.8 Å². The van der Waals surface area contributed by atoms with Gasteiger partial charge in [0.25, 0.3) is 0 Å². The van der Waals surface area contributed by atoms with Crippen molar-refractivity contribution in [3.05, 3.63) is 41.5 Å². The minimum Gasteiger partial charge on any atom is -0.465 e. The van der Waals surface area contributed by atoms with E-state index in [9.17, 15) is 4.79 Å². The average molecular weight is 222 g/mol. The predicted octanol–water partition coefficient (Wildman–Crippen LogP) is 2.19. The largest absolute Gasteiger partial charge is 0.465 e. The topological polar surface area (TPSA) is 44.8 Å². The van der Waals surface area contributed by atoms with Crippen LogP contribution in [0.25, 0.3) is 6.08 Å². The molecule has 0 unspecified atom stereocenters.